The van der Waals surface area contributed by atoms with Crippen LogP contribution in [-0.4, -0.2) is 27.1 Å². The fourth-order valence-corrected chi connectivity index (χ4v) is 2.68. The summed E-state index contributed by atoms with van der Waals surface area (Å²) >= 11 is 0. The molecule has 1 aliphatic rings. The van der Waals surface area contributed by atoms with E-state index in [2.05, 4.69) is 20.3 Å². The van der Waals surface area contributed by atoms with Gasteiger partial charge in [0.15, 0.2) is 11.5 Å². The fourth-order valence-electron chi connectivity index (χ4n) is 2.68. The van der Waals surface area contributed by atoms with Crippen molar-refractivity contribution >= 4 is 0 Å². The average molecular weight is 312 g/mol. The molecule has 2 aromatic heterocycles. The Morgan fingerprint density at radius 1 is 1.13 bits per heavy atom. The zero-order valence-corrected chi connectivity index (χ0v) is 12.9. The van der Waals surface area contributed by atoms with Crippen LogP contribution in [0.4, 0.5) is 0 Å². The van der Waals surface area contributed by atoms with E-state index in [1.807, 2.05) is 32.0 Å². The van der Waals surface area contributed by atoms with Gasteiger partial charge in [0.05, 0.1) is 5.69 Å². The number of hydrogen-bond donors (Lipinski definition) is 1. The summed E-state index contributed by atoms with van der Waals surface area (Å²) in [6.07, 6.45) is 1.50. The molecule has 3 heterocycles. The maximum Gasteiger partial charge on any atom is 0.231 e. The standard InChI is InChI=1S/C16H16N4O3/c1-9-12(10(2)19-18-9)4-6-15-17-16(20-23-15)11-3-5-13-14(7-11)22-8-21-13/h3,5,7H,4,6,8H2,1-2H3,(H,18,19). The molecule has 7 heteroatoms. The normalized spacial score (nSPS) is 12.8. The topological polar surface area (TPSA) is 86.1 Å². The van der Waals surface area contributed by atoms with E-state index >= 15 is 0 Å². The van der Waals surface area contributed by atoms with Crippen LogP contribution >= 0.6 is 0 Å². The van der Waals surface area contributed by atoms with E-state index < -0.39 is 0 Å². The third-order valence-corrected chi connectivity index (χ3v) is 3.97. The van der Waals surface area contributed by atoms with Gasteiger partial charge in [0.2, 0.25) is 18.5 Å². The highest BCUT2D eigenvalue weighted by molar-refractivity contribution is 5.61. The van der Waals surface area contributed by atoms with Gasteiger partial charge in [-0.05, 0) is 44.0 Å². The molecule has 0 bridgehead atoms. The van der Waals surface area contributed by atoms with E-state index in [-0.39, 0.29) is 6.79 Å². The lowest BCUT2D eigenvalue weighted by Crippen LogP contribution is -1.94. The molecule has 0 saturated carbocycles. The quantitative estimate of drug-likeness (QED) is 0.797. The van der Waals surface area contributed by atoms with Gasteiger partial charge in [0, 0.05) is 17.7 Å². The smallest absolute Gasteiger partial charge is 0.231 e. The molecule has 1 aliphatic heterocycles. The molecule has 3 aromatic rings. The number of ether oxygens (including phenoxy) is 2. The Labute approximate surface area is 132 Å². The van der Waals surface area contributed by atoms with E-state index in [0.717, 1.165) is 29.1 Å². The first kappa shape index (κ1) is 13.8. The molecule has 23 heavy (non-hydrogen) atoms. The van der Waals surface area contributed by atoms with Crippen LogP contribution in [0.3, 0.4) is 0 Å². The molecule has 0 fully saturated rings. The van der Waals surface area contributed by atoms with Gasteiger partial charge in [-0.3, -0.25) is 5.10 Å². The molecule has 0 aliphatic carbocycles. The van der Waals surface area contributed by atoms with Crippen molar-refractivity contribution in [3.05, 3.63) is 41.0 Å². The van der Waals surface area contributed by atoms with Crippen LogP contribution in [0, 0.1) is 13.8 Å². The third kappa shape index (κ3) is 2.54. The van der Waals surface area contributed by atoms with Gasteiger partial charge in [-0.25, -0.2) is 0 Å². The second-order valence-corrected chi connectivity index (χ2v) is 5.49. The maximum absolute atomic E-state index is 5.37. The minimum Gasteiger partial charge on any atom is -0.454 e. The Balaban J connectivity index is 1.51. The minimum absolute atomic E-state index is 0.250. The van der Waals surface area contributed by atoms with E-state index in [4.69, 9.17) is 14.0 Å². The molecule has 118 valence electrons. The largest absolute Gasteiger partial charge is 0.454 e. The number of hydrogen-bond acceptors (Lipinski definition) is 6. The van der Waals surface area contributed by atoms with Crippen LogP contribution < -0.4 is 9.47 Å². The first-order valence-corrected chi connectivity index (χ1v) is 7.44. The van der Waals surface area contributed by atoms with Crippen LogP contribution in [0.5, 0.6) is 11.5 Å². The highest BCUT2D eigenvalue weighted by atomic mass is 16.7. The monoisotopic (exact) mass is 312 g/mol. The number of fused-ring (bicyclic) bond motifs is 1. The Morgan fingerprint density at radius 2 is 2.00 bits per heavy atom. The van der Waals surface area contributed by atoms with Crippen LogP contribution in [0.2, 0.25) is 0 Å². The third-order valence-electron chi connectivity index (χ3n) is 3.97. The Kier molecular flexibility index (Phi) is 3.25. The van der Waals surface area contributed by atoms with Gasteiger partial charge in [0.25, 0.3) is 0 Å². The summed E-state index contributed by atoms with van der Waals surface area (Å²) in [5.41, 5.74) is 4.14. The lowest BCUT2D eigenvalue weighted by Gasteiger charge is -1.98. The van der Waals surface area contributed by atoms with Gasteiger partial charge < -0.3 is 14.0 Å². The van der Waals surface area contributed by atoms with Gasteiger partial charge >= 0.3 is 0 Å². The fraction of sp³-hybridized carbons (Fsp3) is 0.312. The molecule has 0 radical (unpaired) electrons. The van der Waals surface area contributed by atoms with Crippen LogP contribution in [-0.2, 0) is 12.8 Å². The number of nitrogens with zero attached hydrogens (tertiary/aromatic N) is 3. The van der Waals surface area contributed by atoms with E-state index in [9.17, 15) is 0 Å². The number of aromatic amines is 1. The molecule has 0 saturated heterocycles. The summed E-state index contributed by atoms with van der Waals surface area (Å²) in [5, 5.41) is 11.2. The molecule has 0 unspecified atom stereocenters. The molecule has 0 spiro atoms. The summed E-state index contributed by atoms with van der Waals surface area (Å²) in [5.74, 6) is 2.61. The van der Waals surface area contributed by atoms with E-state index in [1.165, 1.54) is 5.56 Å². The predicted octanol–water partition coefficient (Wildman–Crippen LogP) is 2.59. The molecule has 0 amide bonds. The first-order valence-electron chi connectivity index (χ1n) is 7.44. The lowest BCUT2D eigenvalue weighted by atomic mass is 10.1. The second kappa shape index (κ2) is 5.42. The highest BCUT2D eigenvalue weighted by Crippen LogP contribution is 2.35. The number of aryl methyl sites for hydroxylation is 3. The summed E-state index contributed by atoms with van der Waals surface area (Å²) in [6, 6.07) is 5.61. The molecular formula is C16H16N4O3. The van der Waals surface area contributed by atoms with Crippen molar-refractivity contribution in [3.8, 4) is 22.9 Å². The van der Waals surface area contributed by atoms with Crippen LogP contribution in [0.25, 0.3) is 11.4 Å². The summed E-state index contributed by atoms with van der Waals surface area (Å²) in [7, 11) is 0. The molecular weight excluding hydrogens is 296 g/mol. The zero-order chi connectivity index (χ0) is 15.8. The Hall–Kier alpha value is -2.83. The van der Waals surface area contributed by atoms with Crippen molar-refractivity contribution in [2.24, 2.45) is 0 Å². The van der Waals surface area contributed by atoms with Gasteiger partial charge in [-0.2, -0.15) is 10.1 Å². The van der Waals surface area contributed by atoms with E-state index in [0.29, 0.717) is 23.9 Å². The number of rotatable bonds is 4. The molecule has 1 N–H and O–H groups in total. The Morgan fingerprint density at radius 3 is 2.83 bits per heavy atom. The summed E-state index contributed by atoms with van der Waals surface area (Å²) in [6.45, 7) is 4.26. The molecule has 7 nitrogen and oxygen atoms in total. The van der Waals surface area contributed by atoms with Crippen molar-refractivity contribution in [1.82, 2.24) is 20.3 Å². The van der Waals surface area contributed by atoms with Crippen molar-refractivity contribution < 1.29 is 14.0 Å². The summed E-state index contributed by atoms with van der Waals surface area (Å²) in [4.78, 5) is 4.46. The van der Waals surface area contributed by atoms with E-state index in [1.54, 1.807) is 0 Å². The van der Waals surface area contributed by atoms with Gasteiger partial charge in [-0.15, -0.1) is 0 Å². The van der Waals surface area contributed by atoms with Crippen molar-refractivity contribution in [2.45, 2.75) is 26.7 Å². The molecule has 0 atom stereocenters. The van der Waals surface area contributed by atoms with Gasteiger partial charge in [-0.1, -0.05) is 5.16 Å². The van der Waals surface area contributed by atoms with Crippen LogP contribution in [0.1, 0.15) is 22.8 Å². The van der Waals surface area contributed by atoms with Gasteiger partial charge in [0.1, 0.15) is 0 Å². The summed E-state index contributed by atoms with van der Waals surface area (Å²) < 4.78 is 16.0. The Bertz CT molecular complexity index is 833. The molecule has 4 rings (SSSR count). The zero-order valence-electron chi connectivity index (χ0n) is 12.9. The number of aromatic nitrogens is 4. The van der Waals surface area contributed by atoms with Crippen molar-refractivity contribution in [2.75, 3.05) is 6.79 Å². The minimum atomic E-state index is 0.250. The first-order chi connectivity index (χ1) is 11.2. The predicted molar refractivity (Wildman–Crippen MR) is 81.3 cm³/mol. The van der Waals surface area contributed by atoms with Crippen LogP contribution in [0.15, 0.2) is 22.7 Å². The average Bonchev–Trinajstić information content (AvgIpc) is 3.26. The number of benzene rings is 1. The van der Waals surface area contributed by atoms with Crippen molar-refractivity contribution in [1.29, 1.82) is 0 Å². The second-order valence-electron chi connectivity index (χ2n) is 5.49. The number of nitrogens with one attached hydrogen (secondary N) is 1. The maximum atomic E-state index is 5.37. The molecule has 1 aromatic carbocycles. The highest BCUT2D eigenvalue weighted by Gasteiger charge is 2.17. The SMILES string of the molecule is Cc1n[nH]c(C)c1CCc1nc(-c2ccc3c(c2)OCO3)no1. The van der Waals surface area contributed by atoms with Crippen molar-refractivity contribution in [3.63, 3.8) is 0 Å². The number of H-pyrrole nitrogens is 1. The lowest BCUT2D eigenvalue weighted by molar-refractivity contribution is 0.174.